The van der Waals surface area contributed by atoms with Gasteiger partial charge in [0, 0.05) is 0 Å². The molecule has 1 saturated heterocycles. The molecule has 4 heteroatoms. The van der Waals surface area contributed by atoms with E-state index in [9.17, 15) is 9.59 Å². The van der Waals surface area contributed by atoms with Crippen LogP contribution in [0.15, 0.2) is 0 Å². The van der Waals surface area contributed by atoms with Crippen molar-refractivity contribution in [2.75, 3.05) is 0 Å². The summed E-state index contributed by atoms with van der Waals surface area (Å²) in [6.07, 6.45) is 1.28. The van der Waals surface area contributed by atoms with E-state index in [0.717, 1.165) is 0 Å². The number of carbonyl (C=O) groups is 2. The maximum atomic E-state index is 10.9. The third-order valence-corrected chi connectivity index (χ3v) is 2.47. The molecule has 0 radical (unpaired) electrons. The summed E-state index contributed by atoms with van der Waals surface area (Å²) in [5.41, 5.74) is 5.10. The summed E-state index contributed by atoms with van der Waals surface area (Å²) in [5.74, 6) is -1.11. The molecule has 60 valence electrons. The van der Waals surface area contributed by atoms with E-state index in [0.29, 0.717) is 12.8 Å². The number of carbonyl (C=O) groups excluding carboxylic acids is 2. The Morgan fingerprint density at radius 2 is 2.27 bits per heavy atom. The summed E-state index contributed by atoms with van der Waals surface area (Å²) in [6, 6.07) is 0. The Morgan fingerprint density at radius 3 is 2.64 bits per heavy atom. The summed E-state index contributed by atoms with van der Waals surface area (Å²) in [6.45, 7) is 0. The van der Waals surface area contributed by atoms with Crippen LogP contribution in [0.1, 0.15) is 12.8 Å². The monoisotopic (exact) mass is 155 g/mol. The van der Waals surface area contributed by atoms with Crippen LogP contribution in [-0.2, 0) is 14.3 Å². The van der Waals surface area contributed by atoms with Gasteiger partial charge in [-0.3, -0.25) is 9.59 Å². The van der Waals surface area contributed by atoms with Crippen LogP contribution in [0.2, 0.25) is 0 Å². The van der Waals surface area contributed by atoms with E-state index in [4.69, 9.17) is 10.5 Å². The zero-order chi connectivity index (χ0) is 8.01. The highest BCUT2D eigenvalue weighted by Crippen LogP contribution is 2.40. The van der Waals surface area contributed by atoms with Crippen molar-refractivity contribution in [3.63, 3.8) is 0 Å². The van der Waals surface area contributed by atoms with E-state index in [1.165, 1.54) is 0 Å². The fourth-order valence-electron chi connectivity index (χ4n) is 1.91. The standard InChI is InChI=1S/C7H9NO3/c8-6(9)4-1-3-2-5(4)7(10)11-3/h3-5H,1-2H2,(H2,8,9). The van der Waals surface area contributed by atoms with Crippen molar-refractivity contribution in [2.45, 2.75) is 18.9 Å². The van der Waals surface area contributed by atoms with Crippen LogP contribution >= 0.6 is 0 Å². The zero-order valence-corrected chi connectivity index (χ0v) is 5.95. The number of hydrogen-bond acceptors (Lipinski definition) is 3. The van der Waals surface area contributed by atoms with Crippen molar-refractivity contribution in [1.82, 2.24) is 0 Å². The molecule has 2 fully saturated rings. The van der Waals surface area contributed by atoms with Gasteiger partial charge < -0.3 is 10.5 Å². The molecule has 4 nitrogen and oxygen atoms in total. The van der Waals surface area contributed by atoms with Gasteiger partial charge in [-0.2, -0.15) is 0 Å². The van der Waals surface area contributed by atoms with E-state index in [1.54, 1.807) is 0 Å². The predicted octanol–water partition coefficient (Wildman–Crippen LogP) is -0.577. The Morgan fingerprint density at radius 1 is 1.55 bits per heavy atom. The third kappa shape index (κ3) is 0.818. The van der Waals surface area contributed by atoms with Crippen LogP contribution in [0.3, 0.4) is 0 Å². The molecule has 1 aliphatic heterocycles. The molecule has 3 unspecified atom stereocenters. The summed E-state index contributed by atoms with van der Waals surface area (Å²) in [7, 11) is 0. The fraction of sp³-hybridized carbons (Fsp3) is 0.714. The summed E-state index contributed by atoms with van der Waals surface area (Å²) in [5, 5.41) is 0. The van der Waals surface area contributed by atoms with Gasteiger partial charge in [0.25, 0.3) is 0 Å². The van der Waals surface area contributed by atoms with E-state index in [-0.39, 0.29) is 29.8 Å². The van der Waals surface area contributed by atoms with Gasteiger partial charge in [0.15, 0.2) is 0 Å². The molecule has 11 heavy (non-hydrogen) atoms. The Kier molecular flexibility index (Phi) is 1.19. The Labute approximate surface area is 63.7 Å². The van der Waals surface area contributed by atoms with Gasteiger partial charge in [0.05, 0.1) is 11.8 Å². The first-order valence-corrected chi connectivity index (χ1v) is 3.68. The van der Waals surface area contributed by atoms with Crippen molar-refractivity contribution < 1.29 is 14.3 Å². The molecule has 2 rings (SSSR count). The second-order valence-corrected chi connectivity index (χ2v) is 3.15. The van der Waals surface area contributed by atoms with Crippen LogP contribution in [0.5, 0.6) is 0 Å². The van der Waals surface area contributed by atoms with Crippen molar-refractivity contribution in [2.24, 2.45) is 17.6 Å². The van der Waals surface area contributed by atoms with Gasteiger partial charge >= 0.3 is 5.97 Å². The highest BCUT2D eigenvalue weighted by molar-refractivity contribution is 5.86. The maximum Gasteiger partial charge on any atom is 0.310 e. The van der Waals surface area contributed by atoms with Gasteiger partial charge in [-0.15, -0.1) is 0 Å². The predicted molar refractivity (Wildman–Crippen MR) is 35.3 cm³/mol. The first-order valence-electron chi connectivity index (χ1n) is 3.68. The van der Waals surface area contributed by atoms with Gasteiger partial charge in [-0.25, -0.2) is 0 Å². The molecule has 3 atom stereocenters. The van der Waals surface area contributed by atoms with Crippen LogP contribution < -0.4 is 5.73 Å². The lowest BCUT2D eigenvalue weighted by atomic mass is 9.95. The number of primary amides is 1. The Bertz CT molecular complexity index is 226. The number of ether oxygens (including phenoxy) is 1. The number of esters is 1. The van der Waals surface area contributed by atoms with Crippen molar-refractivity contribution >= 4 is 11.9 Å². The third-order valence-electron chi connectivity index (χ3n) is 2.47. The quantitative estimate of drug-likeness (QED) is 0.515. The normalized spacial score (nSPS) is 40.7. The van der Waals surface area contributed by atoms with Crippen LogP contribution in [0.25, 0.3) is 0 Å². The summed E-state index contributed by atoms with van der Waals surface area (Å²) >= 11 is 0. The minimum absolute atomic E-state index is 0.0370. The molecule has 0 spiro atoms. The Balaban J connectivity index is 2.18. The average Bonchev–Trinajstić information content (AvgIpc) is 2.43. The largest absolute Gasteiger partial charge is 0.462 e. The number of hydrogen-bond donors (Lipinski definition) is 1. The number of nitrogens with two attached hydrogens (primary N) is 1. The van der Waals surface area contributed by atoms with Gasteiger partial charge in [0.2, 0.25) is 5.91 Å². The van der Waals surface area contributed by atoms with Crippen LogP contribution in [0.4, 0.5) is 0 Å². The smallest absolute Gasteiger partial charge is 0.310 e. The minimum Gasteiger partial charge on any atom is -0.462 e. The molecule has 1 amide bonds. The van der Waals surface area contributed by atoms with Gasteiger partial charge in [0.1, 0.15) is 6.10 Å². The zero-order valence-electron chi connectivity index (χ0n) is 5.95. The topological polar surface area (TPSA) is 69.4 Å². The van der Waals surface area contributed by atoms with Crippen LogP contribution in [0, 0.1) is 11.8 Å². The minimum atomic E-state index is -0.367. The van der Waals surface area contributed by atoms with Crippen molar-refractivity contribution in [1.29, 1.82) is 0 Å². The number of amides is 1. The lowest BCUT2D eigenvalue weighted by Gasteiger charge is -2.17. The number of fused-ring (bicyclic) bond motifs is 2. The first kappa shape index (κ1) is 6.64. The second kappa shape index (κ2) is 1.96. The van der Waals surface area contributed by atoms with Gasteiger partial charge in [-0.1, -0.05) is 0 Å². The average molecular weight is 155 g/mol. The molecule has 2 bridgehead atoms. The molecule has 0 aromatic carbocycles. The molecular weight excluding hydrogens is 146 g/mol. The van der Waals surface area contributed by atoms with E-state index in [2.05, 4.69) is 0 Å². The first-order chi connectivity index (χ1) is 5.18. The molecule has 2 aliphatic rings. The molecular formula is C7H9NO3. The SMILES string of the molecule is NC(=O)C1CC2CC1C(=O)O2. The van der Waals surface area contributed by atoms with Crippen molar-refractivity contribution in [3.05, 3.63) is 0 Å². The van der Waals surface area contributed by atoms with E-state index in [1.807, 2.05) is 0 Å². The lowest BCUT2D eigenvalue weighted by Crippen LogP contribution is -2.33. The summed E-state index contributed by atoms with van der Waals surface area (Å²) in [4.78, 5) is 21.7. The molecule has 0 aromatic heterocycles. The highest BCUT2D eigenvalue weighted by atomic mass is 16.6. The Hall–Kier alpha value is -1.06. The van der Waals surface area contributed by atoms with E-state index < -0.39 is 0 Å². The molecule has 2 N–H and O–H groups in total. The fourth-order valence-corrected chi connectivity index (χ4v) is 1.91. The highest BCUT2D eigenvalue weighted by Gasteiger charge is 2.50. The maximum absolute atomic E-state index is 10.9. The van der Waals surface area contributed by atoms with Crippen molar-refractivity contribution in [3.8, 4) is 0 Å². The van der Waals surface area contributed by atoms with Gasteiger partial charge in [-0.05, 0) is 12.8 Å². The van der Waals surface area contributed by atoms with Crippen LogP contribution in [-0.4, -0.2) is 18.0 Å². The molecule has 1 saturated carbocycles. The second-order valence-electron chi connectivity index (χ2n) is 3.15. The van der Waals surface area contributed by atoms with E-state index >= 15 is 0 Å². The lowest BCUT2D eigenvalue weighted by molar-refractivity contribution is -0.153. The molecule has 0 aromatic rings. The number of rotatable bonds is 1. The molecule has 1 aliphatic carbocycles. The summed E-state index contributed by atoms with van der Waals surface area (Å²) < 4.78 is 4.89. The molecule has 1 heterocycles.